The average Bonchev–Trinajstić information content (AvgIpc) is 3.00. The topological polar surface area (TPSA) is 78.5 Å². The number of nitrogens with zero attached hydrogens (tertiary/aromatic N) is 1. The van der Waals surface area contributed by atoms with Gasteiger partial charge < -0.3 is 10.2 Å². The van der Waals surface area contributed by atoms with Crippen molar-refractivity contribution in [2.45, 2.75) is 18.1 Å². The Kier molecular flexibility index (Phi) is 6.36. The second-order valence-corrected chi connectivity index (χ2v) is 8.00. The van der Waals surface area contributed by atoms with Crippen LogP contribution >= 0.6 is 11.8 Å². The summed E-state index contributed by atoms with van der Waals surface area (Å²) in [6, 6.07) is 15.4. The number of hydrogen-bond acceptors (Lipinski definition) is 5. The second kappa shape index (κ2) is 8.93. The summed E-state index contributed by atoms with van der Waals surface area (Å²) in [5, 5.41) is 4.64. The van der Waals surface area contributed by atoms with Crippen LogP contribution in [-0.2, 0) is 17.6 Å². The van der Waals surface area contributed by atoms with E-state index in [0.717, 1.165) is 28.6 Å². The summed E-state index contributed by atoms with van der Waals surface area (Å²) in [7, 11) is 3.83. The molecule has 1 saturated heterocycles. The Morgan fingerprint density at radius 3 is 2.39 bits per heavy atom. The molecule has 1 aliphatic heterocycles. The summed E-state index contributed by atoms with van der Waals surface area (Å²) < 4.78 is 0. The van der Waals surface area contributed by atoms with Gasteiger partial charge in [0.2, 0.25) is 5.91 Å². The largest absolute Gasteiger partial charge is 0.377 e. The van der Waals surface area contributed by atoms with Crippen LogP contribution in [-0.4, -0.2) is 42.9 Å². The van der Waals surface area contributed by atoms with Gasteiger partial charge in [-0.15, -0.1) is 0 Å². The van der Waals surface area contributed by atoms with Crippen molar-refractivity contribution in [3.8, 4) is 0 Å². The van der Waals surface area contributed by atoms with E-state index in [4.69, 9.17) is 0 Å². The van der Waals surface area contributed by atoms with Gasteiger partial charge in [-0.2, -0.15) is 0 Å². The van der Waals surface area contributed by atoms with Gasteiger partial charge in [0.1, 0.15) is 0 Å². The van der Waals surface area contributed by atoms with Crippen molar-refractivity contribution in [2.75, 3.05) is 25.5 Å². The molecule has 0 bridgehead atoms. The normalized spacial score (nSPS) is 16.0. The van der Waals surface area contributed by atoms with E-state index < -0.39 is 0 Å². The lowest BCUT2D eigenvalue weighted by atomic mass is 10.0. The van der Waals surface area contributed by atoms with Gasteiger partial charge in [0.15, 0.2) is 0 Å². The lowest BCUT2D eigenvalue weighted by Crippen LogP contribution is -2.27. The Bertz CT molecular complexity index is 881. The van der Waals surface area contributed by atoms with Crippen molar-refractivity contribution in [2.24, 2.45) is 0 Å². The van der Waals surface area contributed by atoms with E-state index in [2.05, 4.69) is 10.6 Å². The van der Waals surface area contributed by atoms with Crippen LogP contribution in [0.4, 0.5) is 10.5 Å². The molecule has 28 heavy (non-hydrogen) atoms. The molecule has 2 aromatic rings. The van der Waals surface area contributed by atoms with Crippen LogP contribution in [0.2, 0.25) is 0 Å². The minimum atomic E-state index is -0.352. The van der Waals surface area contributed by atoms with Gasteiger partial charge in [-0.05, 0) is 36.1 Å². The molecule has 3 rings (SSSR count). The Morgan fingerprint density at radius 2 is 1.75 bits per heavy atom. The highest BCUT2D eigenvalue weighted by molar-refractivity contribution is 8.15. The summed E-state index contributed by atoms with van der Waals surface area (Å²) in [5.41, 5.74) is 3.65. The molecule has 1 unspecified atom stereocenters. The highest BCUT2D eigenvalue weighted by atomic mass is 32.2. The van der Waals surface area contributed by atoms with E-state index in [-0.39, 0.29) is 22.3 Å². The van der Waals surface area contributed by atoms with Gasteiger partial charge in [-0.1, -0.05) is 48.2 Å². The molecular weight excluding hydrogens is 374 g/mol. The number of carbonyl (C=O) groups is 3. The molecule has 2 aromatic carbocycles. The molecule has 1 fully saturated rings. The van der Waals surface area contributed by atoms with Gasteiger partial charge in [0.25, 0.3) is 11.1 Å². The number of rotatable bonds is 7. The number of carbonyl (C=O) groups excluding carboxylic acids is 3. The van der Waals surface area contributed by atoms with E-state index in [1.54, 1.807) is 0 Å². The Hall–Kier alpha value is -2.80. The number of thioether (sulfide) groups is 1. The fourth-order valence-corrected chi connectivity index (χ4v) is 3.91. The van der Waals surface area contributed by atoms with Crippen LogP contribution < -0.4 is 15.5 Å². The standard InChI is InChI=1S/C21H23N3O3S/c1-24(2)17-6-4-3-5-16(17)19(25)22-12-11-14-7-9-15(10-8-14)13-18-20(26)23-21(27)28-18/h3-10,18H,11-13H2,1-2H3,(H,22,25)(H,23,26,27). The summed E-state index contributed by atoms with van der Waals surface area (Å²) in [4.78, 5) is 37.3. The molecule has 1 atom stereocenters. The van der Waals surface area contributed by atoms with Crippen molar-refractivity contribution in [1.82, 2.24) is 10.6 Å². The number of hydrogen-bond donors (Lipinski definition) is 2. The van der Waals surface area contributed by atoms with Gasteiger partial charge in [0.05, 0.1) is 10.8 Å². The van der Waals surface area contributed by atoms with Crippen LogP contribution in [0.5, 0.6) is 0 Å². The van der Waals surface area contributed by atoms with Gasteiger partial charge in [-0.25, -0.2) is 0 Å². The highest BCUT2D eigenvalue weighted by Gasteiger charge is 2.31. The first-order valence-electron chi connectivity index (χ1n) is 9.08. The first-order chi connectivity index (χ1) is 13.4. The van der Waals surface area contributed by atoms with Crippen molar-refractivity contribution in [1.29, 1.82) is 0 Å². The molecule has 146 valence electrons. The minimum Gasteiger partial charge on any atom is -0.377 e. The summed E-state index contributed by atoms with van der Waals surface area (Å²) in [6.07, 6.45) is 1.24. The van der Waals surface area contributed by atoms with Crippen LogP contribution in [0.25, 0.3) is 0 Å². The SMILES string of the molecule is CN(C)c1ccccc1C(=O)NCCc1ccc(CC2SC(=O)NC2=O)cc1. The third kappa shape index (κ3) is 4.92. The summed E-state index contributed by atoms with van der Waals surface area (Å²) in [5.74, 6) is -0.311. The van der Waals surface area contributed by atoms with Crippen LogP contribution in [0.3, 0.4) is 0 Å². The zero-order valence-corrected chi connectivity index (χ0v) is 16.7. The van der Waals surface area contributed by atoms with Crippen molar-refractivity contribution < 1.29 is 14.4 Å². The van der Waals surface area contributed by atoms with Crippen LogP contribution in [0, 0.1) is 0 Å². The Labute approximate surface area is 168 Å². The Balaban J connectivity index is 1.51. The molecule has 7 heteroatoms. The minimum absolute atomic E-state index is 0.0881. The molecular formula is C21H23N3O3S. The lowest BCUT2D eigenvalue weighted by Gasteiger charge is -2.17. The third-order valence-electron chi connectivity index (χ3n) is 4.54. The quantitative estimate of drug-likeness (QED) is 0.751. The first-order valence-corrected chi connectivity index (χ1v) is 9.96. The van der Waals surface area contributed by atoms with Gasteiger partial charge >= 0.3 is 0 Å². The van der Waals surface area contributed by atoms with E-state index in [0.29, 0.717) is 24.9 Å². The number of benzene rings is 2. The maximum atomic E-state index is 12.5. The summed E-state index contributed by atoms with van der Waals surface area (Å²) >= 11 is 1.04. The van der Waals surface area contributed by atoms with Gasteiger partial charge in [-0.3, -0.25) is 19.7 Å². The molecule has 6 nitrogen and oxygen atoms in total. The smallest absolute Gasteiger partial charge is 0.286 e. The summed E-state index contributed by atoms with van der Waals surface area (Å²) in [6.45, 7) is 0.537. The Morgan fingerprint density at radius 1 is 1.07 bits per heavy atom. The third-order valence-corrected chi connectivity index (χ3v) is 5.52. The number of amides is 3. The van der Waals surface area contributed by atoms with E-state index in [1.807, 2.05) is 67.5 Å². The predicted molar refractivity (Wildman–Crippen MR) is 112 cm³/mol. The van der Waals surface area contributed by atoms with E-state index >= 15 is 0 Å². The fraction of sp³-hybridized carbons (Fsp3) is 0.286. The lowest BCUT2D eigenvalue weighted by molar-refractivity contribution is -0.118. The maximum Gasteiger partial charge on any atom is 0.286 e. The van der Waals surface area contributed by atoms with Crippen LogP contribution in [0.15, 0.2) is 48.5 Å². The zero-order valence-electron chi connectivity index (χ0n) is 15.9. The molecule has 0 radical (unpaired) electrons. The molecule has 0 spiro atoms. The van der Waals surface area contributed by atoms with Crippen LogP contribution in [0.1, 0.15) is 21.5 Å². The molecule has 0 saturated carbocycles. The van der Waals surface area contributed by atoms with Crippen molar-refractivity contribution >= 4 is 34.5 Å². The molecule has 3 amide bonds. The number of imide groups is 1. The molecule has 0 aromatic heterocycles. The maximum absolute atomic E-state index is 12.5. The highest BCUT2D eigenvalue weighted by Crippen LogP contribution is 2.23. The monoisotopic (exact) mass is 397 g/mol. The molecule has 0 aliphatic carbocycles. The van der Waals surface area contributed by atoms with Crippen molar-refractivity contribution in [3.63, 3.8) is 0 Å². The van der Waals surface area contributed by atoms with E-state index in [1.165, 1.54) is 0 Å². The van der Waals surface area contributed by atoms with E-state index in [9.17, 15) is 14.4 Å². The number of nitrogens with one attached hydrogen (secondary N) is 2. The first kappa shape index (κ1) is 19.9. The zero-order chi connectivity index (χ0) is 20.1. The molecule has 1 heterocycles. The number of anilines is 1. The molecule has 2 N–H and O–H groups in total. The predicted octanol–water partition coefficient (Wildman–Crippen LogP) is 2.62. The average molecular weight is 398 g/mol. The second-order valence-electron chi connectivity index (χ2n) is 6.82. The van der Waals surface area contributed by atoms with Gasteiger partial charge in [0, 0.05) is 26.3 Å². The number of para-hydroxylation sites is 1. The molecule has 1 aliphatic rings. The fourth-order valence-electron chi connectivity index (χ4n) is 3.05. The van der Waals surface area contributed by atoms with Crippen molar-refractivity contribution in [3.05, 3.63) is 65.2 Å².